The third kappa shape index (κ3) is 3.39. The Morgan fingerprint density at radius 1 is 1.65 bits per heavy atom. The van der Waals surface area contributed by atoms with E-state index in [1.54, 1.807) is 12.3 Å². The van der Waals surface area contributed by atoms with Crippen LogP contribution in [0.15, 0.2) is 23.5 Å². The zero-order valence-electron chi connectivity index (χ0n) is 11.8. The van der Waals surface area contributed by atoms with E-state index < -0.39 is 0 Å². The first-order chi connectivity index (χ1) is 9.76. The van der Waals surface area contributed by atoms with E-state index >= 15 is 0 Å². The van der Waals surface area contributed by atoms with Crippen LogP contribution in [0.2, 0.25) is 0 Å². The van der Waals surface area contributed by atoms with Crippen molar-refractivity contribution in [3.63, 3.8) is 0 Å². The SMILES string of the molecule is CCCOC1CCCN(c2ncccc2C(N)=NO)C1. The third-order valence-corrected chi connectivity index (χ3v) is 3.41. The molecule has 2 heterocycles. The fourth-order valence-electron chi connectivity index (χ4n) is 2.45. The normalized spacial score (nSPS) is 20.1. The van der Waals surface area contributed by atoms with Gasteiger partial charge in [-0.25, -0.2) is 4.98 Å². The van der Waals surface area contributed by atoms with Crippen LogP contribution >= 0.6 is 0 Å². The number of amidine groups is 1. The van der Waals surface area contributed by atoms with Crippen LogP contribution in [-0.2, 0) is 4.74 Å². The molecule has 6 heteroatoms. The van der Waals surface area contributed by atoms with Gasteiger partial charge in [-0.3, -0.25) is 0 Å². The van der Waals surface area contributed by atoms with Crippen LogP contribution in [-0.4, -0.2) is 41.8 Å². The van der Waals surface area contributed by atoms with Crippen LogP contribution in [0.4, 0.5) is 5.82 Å². The second-order valence-electron chi connectivity index (χ2n) is 4.94. The highest BCUT2D eigenvalue weighted by molar-refractivity contribution is 6.01. The number of oxime groups is 1. The van der Waals surface area contributed by atoms with Gasteiger partial charge >= 0.3 is 0 Å². The van der Waals surface area contributed by atoms with Crippen LogP contribution in [0, 0.1) is 0 Å². The summed E-state index contributed by atoms with van der Waals surface area (Å²) in [7, 11) is 0. The molecule has 2 rings (SSSR count). The molecule has 1 aromatic heterocycles. The van der Waals surface area contributed by atoms with E-state index in [0.717, 1.165) is 44.8 Å². The number of anilines is 1. The highest BCUT2D eigenvalue weighted by Gasteiger charge is 2.23. The van der Waals surface area contributed by atoms with Crippen molar-refractivity contribution in [2.75, 3.05) is 24.6 Å². The summed E-state index contributed by atoms with van der Waals surface area (Å²) in [5.74, 6) is 0.845. The number of nitrogens with zero attached hydrogens (tertiary/aromatic N) is 3. The Balaban J connectivity index is 2.14. The van der Waals surface area contributed by atoms with Gasteiger partial charge < -0.3 is 20.6 Å². The van der Waals surface area contributed by atoms with Crippen molar-refractivity contribution in [1.82, 2.24) is 4.98 Å². The molecule has 1 aliphatic heterocycles. The number of piperidine rings is 1. The Labute approximate surface area is 119 Å². The number of hydrogen-bond donors (Lipinski definition) is 2. The Kier molecular flexibility index (Phi) is 5.17. The fraction of sp³-hybridized carbons (Fsp3) is 0.571. The molecule has 1 fully saturated rings. The van der Waals surface area contributed by atoms with Gasteiger partial charge in [-0.1, -0.05) is 12.1 Å². The topological polar surface area (TPSA) is 84.0 Å². The lowest BCUT2D eigenvalue weighted by Gasteiger charge is -2.34. The van der Waals surface area contributed by atoms with Crippen molar-refractivity contribution >= 4 is 11.7 Å². The van der Waals surface area contributed by atoms with Crippen LogP contribution in [0.3, 0.4) is 0 Å². The van der Waals surface area contributed by atoms with Gasteiger partial charge in [0.2, 0.25) is 0 Å². The predicted molar refractivity (Wildman–Crippen MR) is 78.2 cm³/mol. The monoisotopic (exact) mass is 278 g/mol. The van der Waals surface area contributed by atoms with Crippen LogP contribution < -0.4 is 10.6 Å². The smallest absolute Gasteiger partial charge is 0.173 e. The predicted octanol–water partition coefficient (Wildman–Crippen LogP) is 1.57. The number of nitrogens with two attached hydrogens (primary N) is 1. The lowest BCUT2D eigenvalue weighted by atomic mass is 10.1. The molecule has 110 valence electrons. The highest BCUT2D eigenvalue weighted by Crippen LogP contribution is 2.22. The lowest BCUT2D eigenvalue weighted by molar-refractivity contribution is 0.0439. The molecule has 1 aliphatic rings. The van der Waals surface area contributed by atoms with Gasteiger partial charge in [-0.05, 0) is 31.4 Å². The van der Waals surface area contributed by atoms with E-state index in [1.807, 2.05) is 6.07 Å². The van der Waals surface area contributed by atoms with E-state index in [-0.39, 0.29) is 11.9 Å². The van der Waals surface area contributed by atoms with Crippen LogP contribution in [0.5, 0.6) is 0 Å². The van der Waals surface area contributed by atoms with Gasteiger partial charge in [0.15, 0.2) is 5.84 Å². The third-order valence-electron chi connectivity index (χ3n) is 3.41. The molecule has 0 spiro atoms. The lowest BCUT2D eigenvalue weighted by Crippen LogP contribution is -2.41. The van der Waals surface area contributed by atoms with Crippen molar-refractivity contribution in [1.29, 1.82) is 0 Å². The average Bonchev–Trinajstić information content (AvgIpc) is 2.52. The van der Waals surface area contributed by atoms with Crippen molar-refractivity contribution in [3.05, 3.63) is 23.9 Å². The second-order valence-corrected chi connectivity index (χ2v) is 4.94. The summed E-state index contributed by atoms with van der Waals surface area (Å²) in [6, 6.07) is 3.60. The molecular weight excluding hydrogens is 256 g/mol. The first-order valence-corrected chi connectivity index (χ1v) is 7.05. The molecule has 1 unspecified atom stereocenters. The number of aromatic nitrogens is 1. The molecule has 1 atom stereocenters. The quantitative estimate of drug-likeness (QED) is 0.370. The number of pyridine rings is 1. The first-order valence-electron chi connectivity index (χ1n) is 7.05. The molecule has 1 aromatic rings. The first kappa shape index (κ1) is 14.6. The zero-order chi connectivity index (χ0) is 14.4. The fourth-order valence-corrected chi connectivity index (χ4v) is 2.45. The highest BCUT2D eigenvalue weighted by atomic mass is 16.5. The van der Waals surface area contributed by atoms with Crippen LogP contribution in [0.1, 0.15) is 31.7 Å². The molecule has 0 aliphatic carbocycles. The second kappa shape index (κ2) is 7.09. The van der Waals surface area contributed by atoms with E-state index in [1.165, 1.54) is 0 Å². The molecule has 3 N–H and O–H groups in total. The maximum Gasteiger partial charge on any atom is 0.173 e. The molecule has 1 saturated heterocycles. The largest absolute Gasteiger partial charge is 0.409 e. The molecular formula is C14H22N4O2. The van der Waals surface area contributed by atoms with Gasteiger partial charge in [0.1, 0.15) is 5.82 Å². The van der Waals surface area contributed by atoms with E-state index in [0.29, 0.717) is 5.56 Å². The number of rotatable bonds is 5. The summed E-state index contributed by atoms with van der Waals surface area (Å²) in [4.78, 5) is 6.53. The summed E-state index contributed by atoms with van der Waals surface area (Å²) in [6.45, 7) is 4.60. The van der Waals surface area contributed by atoms with E-state index in [9.17, 15) is 0 Å². The molecule has 0 aromatic carbocycles. The molecule has 0 radical (unpaired) electrons. The molecule has 20 heavy (non-hydrogen) atoms. The van der Waals surface area contributed by atoms with Gasteiger partial charge in [0, 0.05) is 25.9 Å². The minimum absolute atomic E-state index is 0.0877. The van der Waals surface area contributed by atoms with Gasteiger partial charge in [0.05, 0.1) is 11.7 Å². The zero-order valence-corrected chi connectivity index (χ0v) is 11.8. The molecule has 0 saturated carbocycles. The van der Waals surface area contributed by atoms with Crippen LogP contribution in [0.25, 0.3) is 0 Å². The van der Waals surface area contributed by atoms with E-state index in [4.69, 9.17) is 15.7 Å². The number of ether oxygens (including phenoxy) is 1. The standard InChI is InChI=1S/C14H22N4O2/c1-2-9-20-11-5-4-8-18(10-11)14-12(13(15)17-19)6-3-7-16-14/h3,6-7,11,19H,2,4-5,8-10H2,1H3,(H2,15,17). The summed E-state index contributed by atoms with van der Waals surface area (Å²) in [5.41, 5.74) is 6.38. The summed E-state index contributed by atoms with van der Waals surface area (Å²) in [6.07, 6.45) is 5.10. The summed E-state index contributed by atoms with van der Waals surface area (Å²) < 4.78 is 5.83. The molecule has 6 nitrogen and oxygen atoms in total. The van der Waals surface area contributed by atoms with Crippen molar-refractivity contribution in [2.45, 2.75) is 32.3 Å². The summed E-state index contributed by atoms with van der Waals surface area (Å²) in [5, 5.41) is 12.0. The van der Waals surface area contributed by atoms with Crippen molar-refractivity contribution in [2.24, 2.45) is 10.9 Å². The average molecular weight is 278 g/mol. The van der Waals surface area contributed by atoms with Gasteiger partial charge in [0.25, 0.3) is 0 Å². The molecule has 0 amide bonds. The Hall–Kier alpha value is -1.82. The number of hydrogen-bond acceptors (Lipinski definition) is 5. The maximum absolute atomic E-state index is 8.87. The van der Waals surface area contributed by atoms with Crippen molar-refractivity contribution < 1.29 is 9.94 Å². The minimum Gasteiger partial charge on any atom is -0.409 e. The Morgan fingerprint density at radius 3 is 3.25 bits per heavy atom. The Bertz CT molecular complexity index is 464. The Morgan fingerprint density at radius 2 is 2.50 bits per heavy atom. The van der Waals surface area contributed by atoms with Gasteiger partial charge in [-0.15, -0.1) is 0 Å². The van der Waals surface area contributed by atoms with Crippen molar-refractivity contribution in [3.8, 4) is 0 Å². The van der Waals surface area contributed by atoms with Gasteiger partial charge in [-0.2, -0.15) is 0 Å². The summed E-state index contributed by atoms with van der Waals surface area (Å²) >= 11 is 0. The maximum atomic E-state index is 8.87. The minimum atomic E-state index is 0.0877. The molecule has 0 bridgehead atoms. The van der Waals surface area contributed by atoms with E-state index in [2.05, 4.69) is 22.0 Å².